The van der Waals surface area contributed by atoms with Gasteiger partial charge in [0.25, 0.3) is 0 Å². The molecule has 0 amide bonds. The Kier molecular flexibility index (Phi) is 5.60. The molecule has 5 nitrogen and oxygen atoms in total. The first-order valence-electron chi connectivity index (χ1n) is 10.4. The smallest absolute Gasteiger partial charge is 0.231 e. The second kappa shape index (κ2) is 8.69. The Morgan fingerprint density at radius 1 is 1.12 bits per heavy atom. The Labute approximate surface area is 191 Å². The van der Waals surface area contributed by atoms with Crippen LogP contribution in [0.2, 0.25) is 5.02 Å². The van der Waals surface area contributed by atoms with Crippen LogP contribution in [0.1, 0.15) is 27.0 Å². The van der Waals surface area contributed by atoms with Crippen molar-refractivity contribution in [1.82, 2.24) is 4.90 Å². The first-order valence-corrected chi connectivity index (χ1v) is 10.8. The van der Waals surface area contributed by atoms with Gasteiger partial charge in [-0.1, -0.05) is 35.9 Å². The van der Waals surface area contributed by atoms with Gasteiger partial charge in [-0.2, -0.15) is 0 Å². The van der Waals surface area contributed by atoms with E-state index in [0.717, 1.165) is 40.6 Å². The van der Waals surface area contributed by atoms with Gasteiger partial charge in [0.15, 0.2) is 5.76 Å². The first kappa shape index (κ1) is 20.6. The molecule has 2 heterocycles. The van der Waals surface area contributed by atoms with Crippen LogP contribution < -0.4 is 14.2 Å². The van der Waals surface area contributed by atoms with Gasteiger partial charge in [0.1, 0.15) is 24.0 Å². The van der Waals surface area contributed by atoms with Gasteiger partial charge >= 0.3 is 0 Å². The maximum absolute atomic E-state index is 13.0. The molecule has 2 aliphatic rings. The van der Waals surface area contributed by atoms with E-state index in [9.17, 15) is 4.79 Å². The zero-order chi connectivity index (χ0) is 22.1. The lowest BCUT2D eigenvalue weighted by Crippen LogP contribution is -2.33. The summed E-state index contributed by atoms with van der Waals surface area (Å²) in [6, 6.07) is 19.0. The highest BCUT2D eigenvalue weighted by Crippen LogP contribution is 2.42. The minimum absolute atomic E-state index is 0.121. The van der Waals surface area contributed by atoms with Crippen LogP contribution in [-0.4, -0.2) is 31.1 Å². The number of ketones is 1. The third kappa shape index (κ3) is 4.09. The van der Waals surface area contributed by atoms with Gasteiger partial charge in [-0.3, -0.25) is 9.69 Å². The molecule has 3 aromatic rings. The molecule has 3 aromatic carbocycles. The molecule has 2 aliphatic heterocycles. The van der Waals surface area contributed by atoms with Crippen molar-refractivity contribution in [3.05, 3.63) is 93.7 Å². The number of allylic oxidation sites excluding steroid dienone is 1. The number of rotatable bonds is 5. The highest BCUT2D eigenvalue weighted by Gasteiger charge is 2.33. The van der Waals surface area contributed by atoms with Gasteiger partial charge in [-0.25, -0.2) is 0 Å². The molecule has 162 valence electrons. The molecule has 0 spiro atoms. The van der Waals surface area contributed by atoms with E-state index in [1.54, 1.807) is 19.3 Å². The van der Waals surface area contributed by atoms with Crippen LogP contribution in [0, 0.1) is 0 Å². The number of methoxy groups -OCH3 is 1. The Balaban J connectivity index is 1.35. The lowest BCUT2D eigenvalue weighted by molar-refractivity contribution is 0.0950. The normalized spacial score (nSPS) is 16.3. The monoisotopic (exact) mass is 447 g/mol. The second-order valence-electron chi connectivity index (χ2n) is 7.84. The van der Waals surface area contributed by atoms with Crippen molar-refractivity contribution >= 4 is 23.5 Å². The van der Waals surface area contributed by atoms with Crippen LogP contribution in [0.3, 0.4) is 0 Å². The average molecular weight is 448 g/mol. The standard InChI is InChI=1S/C26H22ClNO4/c1-30-20-4-2-3-18(13-20)14-24-25(29)21-9-10-23-22(26(21)32-24)15-28(16-31-23)12-11-17-5-7-19(27)8-6-17/h2-10,13-14H,11-12,15-16H2,1H3/b24-14-. The van der Waals surface area contributed by atoms with Crippen molar-refractivity contribution < 1.29 is 19.0 Å². The van der Waals surface area contributed by atoms with E-state index in [-0.39, 0.29) is 5.78 Å². The largest absolute Gasteiger partial charge is 0.497 e. The molecular formula is C26H22ClNO4. The fourth-order valence-electron chi connectivity index (χ4n) is 3.97. The molecule has 6 heteroatoms. The SMILES string of the molecule is COc1cccc(/C=C2\Oc3c(ccc4c3CN(CCc3ccc(Cl)cc3)CO4)C2=O)c1. The van der Waals surface area contributed by atoms with E-state index in [2.05, 4.69) is 4.90 Å². The van der Waals surface area contributed by atoms with E-state index in [4.69, 9.17) is 25.8 Å². The first-order chi connectivity index (χ1) is 15.6. The summed E-state index contributed by atoms with van der Waals surface area (Å²) in [4.78, 5) is 15.2. The molecule has 0 unspecified atom stereocenters. The van der Waals surface area contributed by atoms with Gasteiger partial charge in [-0.05, 0) is 60.0 Å². The highest BCUT2D eigenvalue weighted by molar-refractivity contribution is 6.30. The molecule has 0 fully saturated rings. The van der Waals surface area contributed by atoms with Crippen molar-refractivity contribution in [1.29, 1.82) is 0 Å². The molecule has 0 radical (unpaired) electrons. The topological polar surface area (TPSA) is 48.0 Å². The van der Waals surface area contributed by atoms with Crippen molar-refractivity contribution in [2.45, 2.75) is 13.0 Å². The minimum Gasteiger partial charge on any atom is -0.497 e. The number of carbonyl (C=O) groups is 1. The second-order valence-corrected chi connectivity index (χ2v) is 8.27. The van der Waals surface area contributed by atoms with Gasteiger partial charge in [0.2, 0.25) is 5.78 Å². The van der Waals surface area contributed by atoms with Crippen LogP contribution in [0.25, 0.3) is 6.08 Å². The lowest BCUT2D eigenvalue weighted by atomic mass is 10.0. The summed E-state index contributed by atoms with van der Waals surface area (Å²) in [5.74, 6) is 2.27. The molecule has 0 saturated carbocycles. The minimum atomic E-state index is -0.121. The summed E-state index contributed by atoms with van der Waals surface area (Å²) in [6.07, 6.45) is 2.63. The van der Waals surface area contributed by atoms with Crippen LogP contribution in [0.5, 0.6) is 17.2 Å². The summed E-state index contributed by atoms with van der Waals surface area (Å²) in [6.45, 7) is 1.98. The number of carbonyl (C=O) groups excluding carboxylic acids is 1. The van der Waals surface area contributed by atoms with Crippen LogP contribution in [0.4, 0.5) is 0 Å². The summed E-state index contributed by atoms with van der Waals surface area (Å²) < 4.78 is 17.3. The van der Waals surface area contributed by atoms with Crippen molar-refractivity contribution in [3.8, 4) is 17.2 Å². The Bertz CT molecular complexity index is 1200. The fourth-order valence-corrected chi connectivity index (χ4v) is 4.09. The van der Waals surface area contributed by atoms with E-state index in [1.165, 1.54) is 5.56 Å². The maximum Gasteiger partial charge on any atom is 0.231 e. The molecule has 32 heavy (non-hydrogen) atoms. The highest BCUT2D eigenvalue weighted by atomic mass is 35.5. The zero-order valence-electron chi connectivity index (χ0n) is 17.6. The Hall–Kier alpha value is -3.28. The zero-order valence-corrected chi connectivity index (χ0v) is 18.4. The van der Waals surface area contributed by atoms with Crippen molar-refractivity contribution in [2.75, 3.05) is 20.4 Å². The van der Waals surface area contributed by atoms with Crippen LogP contribution in [-0.2, 0) is 13.0 Å². The molecule has 5 rings (SSSR count). The number of benzene rings is 3. The van der Waals surface area contributed by atoms with Crippen molar-refractivity contribution in [2.24, 2.45) is 0 Å². The van der Waals surface area contributed by atoms with Gasteiger partial charge in [-0.15, -0.1) is 0 Å². The maximum atomic E-state index is 13.0. The van der Waals surface area contributed by atoms with E-state index in [1.807, 2.05) is 54.6 Å². The van der Waals surface area contributed by atoms with E-state index in [0.29, 0.717) is 30.3 Å². The molecule has 0 aliphatic carbocycles. The quantitative estimate of drug-likeness (QED) is 0.493. The molecule has 0 aromatic heterocycles. The summed E-state index contributed by atoms with van der Waals surface area (Å²) in [7, 11) is 1.62. The Morgan fingerprint density at radius 2 is 1.97 bits per heavy atom. The summed E-state index contributed by atoms with van der Waals surface area (Å²) in [5, 5.41) is 0.735. The predicted molar refractivity (Wildman–Crippen MR) is 123 cm³/mol. The van der Waals surface area contributed by atoms with Gasteiger partial charge < -0.3 is 14.2 Å². The number of Topliss-reactive ketones (excluding diaryl/α,β-unsaturated/α-hetero) is 1. The van der Waals surface area contributed by atoms with Gasteiger partial charge in [0.05, 0.1) is 18.2 Å². The molecular weight excluding hydrogens is 426 g/mol. The predicted octanol–water partition coefficient (Wildman–Crippen LogP) is 5.36. The van der Waals surface area contributed by atoms with E-state index < -0.39 is 0 Å². The van der Waals surface area contributed by atoms with Crippen LogP contribution >= 0.6 is 11.6 Å². The number of nitrogens with zero attached hydrogens (tertiary/aromatic N) is 1. The fraction of sp³-hybridized carbons (Fsp3) is 0.192. The third-order valence-corrected chi connectivity index (χ3v) is 5.96. The van der Waals surface area contributed by atoms with Gasteiger partial charge in [0, 0.05) is 18.1 Å². The molecule has 0 atom stereocenters. The molecule has 0 bridgehead atoms. The number of ether oxygens (including phenoxy) is 3. The van der Waals surface area contributed by atoms with Crippen molar-refractivity contribution in [3.63, 3.8) is 0 Å². The Morgan fingerprint density at radius 3 is 2.78 bits per heavy atom. The average Bonchev–Trinajstić information content (AvgIpc) is 3.14. The molecule has 0 N–H and O–H groups in total. The third-order valence-electron chi connectivity index (χ3n) is 5.70. The summed E-state index contributed by atoms with van der Waals surface area (Å²) >= 11 is 5.98. The number of halogens is 1. The lowest BCUT2D eigenvalue weighted by Gasteiger charge is -2.29. The summed E-state index contributed by atoms with van der Waals surface area (Å²) in [5.41, 5.74) is 3.54. The van der Waals surface area contributed by atoms with Crippen LogP contribution in [0.15, 0.2) is 66.4 Å². The number of hydrogen-bond donors (Lipinski definition) is 0. The molecule has 0 saturated heterocycles. The number of hydrogen-bond acceptors (Lipinski definition) is 5. The number of fused-ring (bicyclic) bond motifs is 3. The van der Waals surface area contributed by atoms with E-state index >= 15 is 0 Å².